The summed E-state index contributed by atoms with van der Waals surface area (Å²) in [6.07, 6.45) is 0. The predicted octanol–water partition coefficient (Wildman–Crippen LogP) is 2.64. The van der Waals surface area contributed by atoms with Crippen molar-refractivity contribution in [2.75, 3.05) is 12.3 Å². The first-order chi connectivity index (χ1) is 6.84. The van der Waals surface area contributed by atoms with Crippen molar-refractivity contribution in [3.05, 3.63) is 34.3 Å². The van der Waals surface area contributed by atoms with E-state index in [1.54, 1.807) is 11.8 Å². The summed E-state index contributed by atoms with van der Waals surface area (Å²) >= 11 is 5.21. The van der Waals surface area contributed by atoms with Crippen molar-refractivity contribution in [1.29, 1.82) is 0 Å². The van der Waals surface area contributed by atoms with Crippen molar-refractivity contribution in [2.24, 2.45) is 4.99 Å². The van der Waals surface area contributed by atoms with Gasteiger partial charge in [-0.15, -0.1) is 0 Å². The van der Waals surface area contributed by atoms with Crippen LogP contribution in [0.25, 0.3) is 0 Å². The van der Waals surface area contributed by atoms with Crippen molar-refractivity contribution >= 4 is 32.9 Å². The summed E-state index contributed by atoms with van der Waals surface area (Å²) in [6.45, 7) is 1.81. The van der Waals surface area contributed by atoms with Gasteiger partial charge in [0, 0.05) is 16.8 Å². The fourth-order valence-corrected chi connectivity index (χ4v) is 2.22. The number of hydrogen-bond acceptors (Lipinski definition) is 3. The van der Waals surface area contributed by atoms with Crippen LogP contribution in [0.15, 0.2) is 33.7 Å². The Hall–Kier alpha value is -0.480. The monoisotopic (exact) mass is 270 g/mol. The van der Waals surface area contributed by atoms with E-state index in [2.05, 4.69) is 50.5 Å². The molecule has 0 atom stereocenters. The normalized spacial score (nSPS) is 15.4. The van der Waals surface area contributed by atoms with Crippen molar-refractivity contribution in [3.8, 4) is 0 Å². The smallest absolute Gasteiger partial charge is 0.156 e. The van der Waals surface area contributed by atoms with Gasteiger partial charge in [-0.2, -0.15) is 0 Å². The third-order valence-electron chi connectivity index (χ3n) is 1.94. The Bertz CT molecular complexity index is 334. The van der Waals surface area contributed by atoms with Gasteiger partial charge in [-0.3, -0.25) is 4.99 Å². The Kier molecular flexibility index (Phi) is 3.48. The molecule has 0 aliphatic carbocycles. The number of benzene rings is 1. The topological polar surface area (TPSA) is 24.4 Å². The van der Waals surface area contributed by atoms with Gasteiger partial charge in [0.2, 0.25) is 0 Å². The Morgan fingerprint density at radius 2 is 2.14 bits per heavy atom. The van der Waals surface area contributed by atoms with Crippen LogP contribution < -0.4 is 5.32 Å². The third-order valence-corrected chi connectivity index (χ3v) is 3.40. The van der Waals surface area contributed by atoms with E-state index in [1.807, 2.05) is 0 Å². The van der Waals surface area contributed by atoms with Crippen molar-refractivity contribution in [3.63, 3.8) is 0 Å². The van der Waals surface area contributed by atoms with E-state index in [4.69, 9.17) is 0 Å². The van der Waals surface area contributed by atoms with Crippen LogP contribution in [0.5, 0.6) is 0 Å². The van der Waals surface area contributed by atoms with Crippen LogP contribution in [0, 0.1) is 0 Å². The molecule has 0 saturated carbocycles. The average Bonchev–Trinajstić information content (AvgIpc) is 2.70. The van der Waals surface area contributed by atoms with Gasteiger partial charge in [-0.25, -0.2) is 0 Å². The summed E-state index contributed by atoms with van der Waals surface area (Å²) in [6, 6.07) is 8.33. The number of nitrogens with one attached hydrogen (secondary N) is 1. The molecule has 74 valence electrons. The SMILES string of the molecule is Brc1ccc(CNC2=NCCS2)cc1. The fourth-order valence-electron chi connectivity index (χ4n) is 1.22. The van der Waals surface area contributed by atoms with Crippen LogP contribution in [-0.4, -0.2) is 17.5 Å². The first-order valence-electron chi connectivity index (χ1n) is 4.50. The first kappa shape index (κ1) is 10.1. The Labute approximate surface area is 96.3 Å². The summed E-state index contributed by atoms with van der Waals surface area (Å²) < 4.78 is 1.12. The largest absolute Gasteiger partial charge is 0.361 e. The minimum atomic E-state index is 0.860. The molecule has 1 heterocycles. The van der Waals surface area contributed by atoms with Crippen LogP contribution in [-0.2, 0) is 6.54 Å². The molecule has 1 aromatic rings. The van der Waals surface area contributed by atoms with Crippen molar-refractivity contribution in [2.45, 2.75) is 6.54 Å². The number of aliphatic imine (C=N–C) groups is 1. The Balaban J connectivity index is 1.88. The highest BCUT2D eigenvalue weighted by Gasteiger charge is 2.05. The zero-order valence-electron chi connectivity index (χ0n) is 7.66. The van der Waals surface area contributed by atoms with Gasteiger partial charge in [0.05, 0.1) is 6.54 Å². The predicted molar refractivity (Wildman–Crippen MR) is 65.7 cm³/mol. The van der Waals surface area contributed by atoms with Gasteiger partial charge in [-0.1, -0.05) is 39.8 Å². The second-order valence-electron chi connectivity index (χ2n) is 3.02. The fraction of sp³-hybridized carbons (Fsp3) is 0.300. The highest BCUT2D eigenvalue weighted by Crippen LogP contribution is 2.12. The average molecular weight is 271 g/mol. The van der Waals surface area contributed by atoms with Gasteiger partial charge < -0.3 is 5.32 Å². The second kappa shape index (κ2) is 4.84. The molecule has 0 unspecified atom stereocenters. The number of thioether (sulfide) groups is 1. The summed E-state index contributed by atoms with van der Waals surface area (Å²) in [5.74, 6) is 1.11. The first-order valence-corrected chi connectivity index (χ1v) is 6.28. The molecule has 1 aliphatic heterocycles. The van der Waals surface area contributed by atoms with Crippen molar-refractivity contribution in [1.82, 2.24) is 5.32 Å². The molecular weight excluding hydrogens is 260 g/mol. The number of hydrogen-bond donors (Lipinski definition) is 1. The summed E-state index contributed by atoms with van der Waals surface area (Å²) in [7, 11) is 0. The molecule has 0 fully saturated rings. The molecule has 2 nitrogen and oxygen atoms in total. The maximum Gasteiger partial charge on any atom is 0.156 e. The molecule has 2 rings (SSSR count). The van der Waals surface area contributed by atoms with E-state index in [9.17, 15) is 0 Å². The summed E-state index contributed by atoms with van der Waals surface area (Å²) in [4.78, 5) is 4.33. The minimum absolute atomic E-state index is 0.860. The lowest BCUT2D eigenvalue weighted by Gasteiger charge is -2.04. The molecule has 1 aliphatic rings. The lowest BCUT2D eigenvalue weighted by Crippen LogP contribution is -2.17. The standard InChI is InChI=1S/C10H11BrN2S/c11-9-3-1-8(2-4-9)7-13-10-12-5-6-14-10/h1-4H,5-7H2,(H,12,13). The second-order valence-corrected chi connectivity index (χ2v) is 5.01. The third kappa shape index (κ3) is 2.75. The molecule has 0 amide bonds. The minimum Gasteiger partial charge on any atom is -0.361 e. The van der Waals surface area contributed by atoms with E-state index in [1.165, 1.54) is 5.56 Å². The van der Waals surface area contributed by atoms with Crippen LogP contribution in [0.3, 0.4) is 0 Å². The van der Waals surface area contributed by atoms with Crippen molar-refractivity contribution < 1.29 is 0 Å². The van der Waals surface area contributed by atoms with E-state index < -0.39 is 0 Å². The lowest BCUT2D eigenvalue weighted by atomic mass is 10.2. The molecule has 0 aromatic heterocycles. The molecule has 1 aromatic carbocycles. The Morgan fingerprint density at radius 1 is 1.36 bits per heavy atom. The van der Waals surface area contributed by atoms with Crippen LogP contribution in [0.4, 0.5) is 0 Å². The molecule has 0 saturated heterocycles. The van der Waals surface area contributed by atoms with Gasteiger partial charge in [0.1, 0.15) is 0 Å². The van der Waals surface area contributed by atoms with E-state index in [0.29, 0.717) is 0 Å². The lowest BCUT2D eigenvalue weighted by molar-refractivity contribution is 0.922. The quantitative estimate of drug-likeness (QED) is 0.894. The van der Waals surface area contributed by atoms with Crippen LogP contribution in [0.2, 0.25) is 0 Å². The maximum atomic E-state index is 4.33. The molecule has 14 heavy (non-hydrogen) atoms. The highest BCUT2D eigenvalue weighted by atomic mass is 79.9. The molecule has 0 spiro atoms. The van der Waals surface area contributed by atoms with Gasteiger partial charge >= 0.3 is 0 Å². The van der Waals surface area contributed by atoms with Gasteiger partial charge in [0.25, 0.3) is 0 Å². The number of rotatable bonds is 2. The van der Waals surface area contributed by atoms with Crippen LogP contribution >= 0.6 is 27.7 Å². The number of halogens is 1. The molecule has 1 N–H and O–H groups in total. The van der Waals surface area contributed by atoms with E-state index >= 15 is 0 Å². The zero-order chi connectivity index (χ0) is 9.80. The summed E-state index contributed by atoms with van der Waals surface area (Å²) in [5, 5.41) is 4.39. The van der Waals surface area contributed by atoms with Gasteiger partial charge in [0.15, 0.2) is 5.17 Å². The van der Waals surface area contributed by atoms with Crippen LogP contribution in [0.1, 0.15) is 5.56 Å². The molecule has 0 radical (unpaired) electrons. The molecule has 4 heteroatoms. The summed E-state index contributed by atoms with van der Waals surface area (Å²) in [5.41, 5.74) is 1.28. The molecular formula is C10H11BrN2S. The molecule has 0 bridgehead atoms. The number of amidine groups is 1. The number of nitrogens with zero attached hydrogens (tertiary/aromatic N) is 1. The van der Waals surface area contributed by atoms with E-state index in [0.717, 1.165) is 28.5 Å². The Morgan fingerprint density at radius 3 is 2.79 bits per heavy atom. The highest BCUT2D eigenvalue weighted by molar-refractivity contribution is 9.10. The van der Waals surface area contributed by atoms with Gasteiger partial charge in [-0.05, 0) is 17.7 Å². The van der Waals surface area contributed by atoms with E-state index in [-0.39, 0.29) is 0 Å². The zero-order valence-corrected chi connectivity index (χ0v) is 10.1. The maximum absolute atomic E-state index is 4.33.